The molecule has 0 fully saturated rings. The lowest BCUT2D eigenvalue weighted by Gasteiger charge is -2.19. The van der Waals surface area contributed by atoms with Gasteiger partial charge in [0.15, 0.2) is 0 Å². The number of sulfonamides is 1. The van der Waals surface area contributed by atoms with Crippen LogP contribution < -0.4 is 0 Å². The lowest BCUT2D eigenvalue weighted by molar-refractivity contribution is 0.350. The van der Waals surface area contributed by atoms with Crippen LogP contribution in [0.3, 0.4) is 0 Å². The minimum absolute atomic E-state index is 0.0453. The molecular formula is C15H20FNO3S. The average Bonchev–Trinajstić information content (AvgIpc) is 2.42. The first-order chi connectivity index (χ1) is 9.78. The van der Waals surface area contributed by atoms with Gasteiger partial charge in [0, 0.05) is 19.2 Å². The van der Waals surface area contributed by atoms with Gasteiger partial charge in [-0.15, -0.1) is 0 Å². The van der Waals surface area contributed by atoms with Crippen LogP contribution in [0.25, 0.3) is 0 Å². The summed E-state index contributed by atoms with van der Waals surface area (Å²) in [6.07, 6.45) is 0.731. The summed E-state index contributed by atoms with van der Waals surface area (Å²) in [5.74, 6) is 4.64. The van der Waals surface area contributed by atoms with Gasteiger partial charge in [-0.2, -0.15) is 0 Å². The minimum Gasteiger partial charge on any atom is -0.384 e. The van der Waals surface area contributed by atoms with Crippen LogP contribution in [0, 0.1) is 23.6 Å². The monoisotopic (exact) mass is 313 g/mol. The normalized spacial score (nSPS) is 11.6. The average molecular weight is 313 g/mol. The maximum absolute atomic E-state index is 13.3. The molecule has 1 rings (SSSR count). The molecule has 6 heteroatoms. The van der Waals surface area contributed by atoms with Gasteiger partial charge in [0.05, 0.1) is 4.90 Å². The fraction of sp³-hybridized carbons (Fsp3) is 0.467. The van der Waals surface area contributed by atoms with Crippen LogP contribution in [0.1, 0.15) is 25.8 Å². The molecule has 1 N–H and O–H groups in total. The topological polar surface area (TPSA) is 57.6 Å². The summed E-state index contributed by atoms with van der Waals surface area (Å²) in [6.45, 7) is 3.98. The largest absolute Gasteiger partial charge is 0.384 e. The van der Waals surface area contributed by atoms with Gasteiger partial charge in [-0.05, 0) is 30.5 Å². The fourth-order valence-corrected chi connectivity index (χ4v) is 3.00. The molecular weight excluding hydrogens is 293 g/mol. The van der Waals surface area contributed by atoms with Crippen LogP contribution in [0.2, 0.25) is 0 Å². The maximum Gasteiger partial charge on any atom is 0.244 e. The number of rotatable bonds is 5. The molecule has 0 atom stereocenters. The van der Waals surface area contributed by atoms with Crippen molar-refractivity contribution in [1.82, 2.24) is 4.31 Å². The van der Waals surface area contributed by atoms with Gasteiger partial charge in [-0.1, -0.05) is 25.7 Å². The molecule has 0 saturated heterocycles. The summed E-state index contributed by atoms with van der Waals surface area (Å²) in [6, 6.07) is 3.36. The minimum atomic E-state index is -3.73. The Labute approximate surface area is 125 Å². The molecule has 4 nitrogen and oxygen atoms in total. The van der Waals surface area contributed by atoms with E-state index >= 15 is 0 Å². The van der Waals surface area contributed by atoms with Gasteiger partial charge in [-0.25, -0.2) is 17.1 Å². The second-order valence-corrected chi connectivity index (χ2v) is 7.12. The summed E-state index contributed by atoms with van der Waals surface area (Å²) in [7, 11) is -2.24. The molecule has 0 amide bonds. The number of hydrogen-bond donors (Lipinski definition) is 1. The van der Waals surface area contributed by atoms with Gasteiger partial charge < -0.3 is 5.11 Å². The highest BCUT2D eigenvalue weighted by Gasteiger charge is 2.23. The first kappa shape index (κ1) is 17.6. The molecule has 0 spiro atoms. The first-order valence-corrected chi connectivity index (χ1v) is 8.08. The Bertz CT molecular complexity index is 645. The van der Waals surface area contributed by atoms with Crippen LogP contribution >= 0.6 is 0 Å². The number of aliphatic hydroxyl groups excluding tert-OH is 1. The molecule has 0 aliphatic carbocycles. The molecule has 0 radical (unpaired) electrons. The summed E-state index contributed by atoms with van der Waals surface area (Å²) in [5, 5.41) is 8.72. The fourth-order valence-electron chi connectivity index (χ4n) is 1.69. The summed E-state index contributed by atoms with van der Waals surface area (Å²) < 4.78 is 39.5. The Morgan fingerprint density at radius 3 is 2.62 bits per heavy atom. The van der Waals surface area contributed by atoms with Crippen LogP contribution in [0.4, 0.5) is 4.39 Å². The van der Waals surface area contributed by atoms with E-state index in [0.717, 1.165) is 18.6 Å². The second kappa shape index (κ2) is 7.55. The predicted octanol–water partition coefficient (Wildman–Crippen LogP) is 1.84. The molecule has 0 unspecified atom stereocenters. The van der Waals surface area contributed by atoms with Crippen molar-refractivity contribution < 1.29 is 17.9 Å². The van der Waals surface area contributed by atoms with Crippen LogP contribution in [-0.4, -0.2) is 38.0 Å². The van der Waals surface area contributed by atoms with Crippen molar-refractivity contribution in [2.24, 2.45) is 5.92 Å². The van der Waals surface area contributed by atoms with Crippen molar-refractivity contribution in [2.45, 2.75) is 25.2 Å². The van der Waals surface area contributed by atoms with Crippen molar-refractivity contribution in [3.8, 4) is 11.8 Å². The number of aliphatic hydroxyl groups is 1. The summed E-state index contributed by atoms with van der Waals surface area (Å²) >= 11 is 0. The first-order valence-electron chi connectivity index (χ1n) is 6.64. The van der Waals surface area contributed by atoms with E-state index in [4.69, 9.17) is 5.11 Å². The van der Waals surface area contributed by atoms with Crippen molar-refractivity contribution >= 4 is 10.0 Å². The molecule has 1 aromatic rings. The van der Waals surface area contributed by atoms with E-state index in [0.29, 0.717) is 12.5 Å². The van der Waals surface area contributed by atoms with E-state index in [1.54, 1.807) is 0 Å². The Kier molecular flexibility index (Phi) is 6.34. The Morgan fingerprint density at radius 1 is 1.38 bits per heavy atom. The standard InChI is InChI=1S/C15H20FNO3S/c1-12(2)8-9-17(3)21(19,20)15-7-6-14(16)11-13(15)5-4-10-18/h6-7,11-12,18H,8-10H2,1-3H3. The predicted molar refractivity (Wildman–Crippen MR) is 79.6 cm³/mol. The van der Waals surface area contributed by atoms with Crippen molar-refractivity contribution in [3.05, 3.63) is 29.6 Å². The second-order valence-electron chi connectivity index (χ2n) is 5.11. The van der Waals surface area contributed by atoms with Gasteiger partial charge in [-0.3, -0.25) is 0 Å². The Hall–Kier alpha value is -1.42. The van der Waals surface area contributed by atoms with Crippen LogP contribution in [0.5, 0.6) is 0 Å². The Balaban J connectivity index is 3.18. The zero-order chi connectivity index (χ0) is 16.0. The molecule has 21 heavy (non-hydrogen) atoms. The highest BCUT2D eigenvalue weighted by molar-refractivity contribution is 7.89. The maximum atomic E-state index is 13.3. The van der Waals surface area contributed by atoms with Crippen LogP contribution in [-0.2, 0) is 10.0 Å². The Morgan fingerprint density at radius 2 is 2.05 bits per heavy atom. The van der Waals surface area contributed by atoms with E-state index in [9.17, 15) is 12.8 Å². The van der Waals surface area contributed by atoms with E-state index in [1.165, 1.54) is 17.4 Å². The van der Waals surface area contributed by atoms with E-state index in [1.807, 2.05) is 13.8 Å². The zero-order valence-electron chi connectivity index (χ0n) is 12.4. The highest BCUT2D eigenvalue weighted by Crippen LogP contribution is 2.20. The SMILES string of the molecule is CC(C)CCN(C)S(=O)(=O)c1ccc(F)cc1C#CCO. The third kappa shape index (κ3) is 4.81. The molecule has 0 aromatic heterocycles. The van der Waals surface area contributed by atoms with E-state index in [2.05, 4.69) is 11.8 Å². The van der Waals surface area contributed by atoms with Crippen LogP contribution in [0.15, 0.2) is 23.1 Å². The van der Waals surface area contributed by atoms with Gasteiger partial charge in [0.2, 0.25) is 10.0 Å². The van der Waals surface area contributed by atoms with Crippen molar-refractivity contribution in [1.29, 1.82) is 0 Å². The molecule has 0 saturated carbocycles. The third-order valence-electron chi connectivity index (χ3n) is 2.95. The zero-order valence-corrected chi connectivity index (χ0v) is 13.2. The lowest BCUT2D eigenvalue weighted by Crippen LogP contribution is -2.29. The summed E-state index contributed by atoms with van der Waals surface area (Å²) in [4.78, 5) is -0.0453. The molecule has 116 valence electrons. The highest BCUT2D eigenvalue weighted by atomic mass is 32.2. The molecule has 0 aliphatic rings. The molecule has 0 bridgehead atoms. The third-order valence-corrected chi connectivity index (χ3v) is 4.87. The smallest absolute Gasteiger partial charge is 0.244 e. The molecule has 1 aromatic carbocycles. The number of hydrogen-bond acceptors (Lipinski definition) is 3. The molecule has 0 heterocycles. The number of nitrogens with zero attached hydrogens (tertiary/aromatic N) is 1. The number of halogens is 1. The van der Waals surface area contributed by atoms with Crippen molar-refractivity contribution in [2.75, 3.05) is 20.2 Å². The quantitative estimate of drug-likeness (QED) is 0.844. The van der Waals surface area contributed by atoms with Crippen molar-refractivity contribution in [3.63, 3.8) is 0 Å². The van der Waals surface area contributed by atoms with E-state index < -0.39 is 22.4 Å². The molecule has 0 aliphatic heterocycles. The number of benzene rings is 1. The summed E-state index contributed by atoms with van der Waals surface area (Å²) in [5.41, 5.74) is 0.0560. The van der Waals surface area contributed by atoms with Gasteiger partial charge >= 0.3 is 0 Å². The van der Waals surface area contributed by atoms with E-state index in [-0.39, 0.29) is 10.5 Å². The lowest BCUT2D eigenvalue weighted by atomic mass is 10.1. The van der Waals surface area contributed by atoms with Gasteiger partial charge in [0.1, 0.15) is 12.4 Å². The van der Waals surface area contributed by atoms with Gasteiger partial charge in [0.25, 0.3) is 0 Å².